The third-order valence-corrected chi connectivity index (χ3v) is 6.28. The van der Waals surface area contributed by atoms with E-state index in [2.05, 4.69) is 10.4 Å². The van der Waals surface area contributed by atoms with Crippen LogP contribution in [0.2, 0.25) is 0 Å². The van der Waals surface area contributed by atoms with Gasteiger partial charge in [-0.1, -0.05) is 48.5 Å². The molecule has 1 aliphatic carbocycles. The van der Waals surface area contributed by atoms with Crippen LogP contribution in [0.25, 0.3) is 0 Å². The Kier molecular flexibility index (Phi) is 6.36. The topological polar surface area (TPSA) is 46.9 Å². The summed E-state index contributed by atoms with van der Waals surface area (Å²) in [6.45, 7) is -0.247. The van der Waals surface area contributed by atoms with E-state index in [1.807, 2.05) is 48.5 Å². The number of nitrogens with one attached hydrogen (secondary N) is 1. The summed E-state index contributed by atoms with van der Waals surface area (Å²) >= 11 is 1.51. The second-order valence-corrected chi connectivity index (χ2v) is 8.56. The number of hydrogen-bond donors (Lipinski definition) is 1. The molecule has 0 radical (unpaired) electrons. The van der Waals surface area contributed by atoms with Crippen molar-refractivity contribution in [3.63, 3.8) is 0 Å². The first-order valence-corrected chi connectivity index (χ1v) is 11.0. The van der Waals surface area contributed by atoms with Gasteiger partial charge in [0.15, 0.2) is 5.69 Å². The molecule has 1 N–H and O–H groups in total. The molecular formula is C23H22F3N3OS. The maximum Gasteiger partial charge on any atom is 0.435 e. The highest BCUT2D eigenvalue weighted by atomic mass is 32.2. The van der Waals surface area contributed by atoms with Gasteiger partial charge < -0.3 is 5.32 Å². The second-order valence-electron chi connectivity index (χ2n) is 7.45. The summed E-state index contributed by atoms with van der Waals surface area (Å²) in [5, 5.41) is 6.65. The minimum absolute atomic E-state index is 0.247. The van der Waals surface area contributed by atoms with Crippen molar-refractivity contribution in [3.05, 3.63) is 71.5 Å². The summed E-state index contributed by atoms with van der Waals surface area (Å²) in [7, 11) is 0. The summed E-state index contributed by atoms with van der Waals surface area (Å²) in [5.41, 5.74) is 0.553. The third kappa shape index (κ3) is 5.12. The fourth-order valence-electron chi connectivity index (χ4n) is 3.81. The number of rotatable bonds is 5. The van der Waals surface area contributed by atoms with Gasteiger partial charge in [0.1, 0.15) is 6.54 Å². The van der Waals surface area contributed by atoms with Gasteiger partial charge in [-0.25, -0.2) is 0 Å². The summed E-state index contributed by atoms with van der Waals surface area (Å²) in [6, 6.07) is 17.1. The molecule has 3 aromatic rings. The second kappa shape index (κ2) is 9.18. The average Bonchev–Trinajstić information content (AvgIpc) is 2.92. The van der Waals surface area contributed by atoms with Crippen molar-refractivity contribution in [3.8, 4) is 0 Å². The fraction of sp³-hybridized carbons (Fsp3) is 0.304. The molecule has 4 rings (SSSR count). The number of hydrogen-bond acceptors (Lipinski definition) is 3. The molecule has 1 aliphatic rings. The number of nitrogens with zero attached hydrogens (tertiary/aromatic N) is 2. The van der Waals surface area contributed by atoms with E-state index in [4.69, 9.17) is 0 Å². The Morgan fingerprint density at radius 2 is 1.71 bits per heavy atom. The highest BCUT2D eigenvalue weighted by molar-refractivity contribution is 7.99. The maximum atomic E-state index is 13.5. The smallest absolute Gasteiger partial charge is 0.323 e. The van der Waals surface area contributed by atoms with E-state index in [0.717, 1.165) is 22.6 Å². The molecule has 0 unspecified atom stereocenters. The van der Waals surface area contributed by atoms with E-state index in [-0.39, 0.29) is 12.1 Å². The number of alkyl halides is 3. The van der Waals surface area contributed by atoms with Crippen molar-refractivity contribution < 1.29 is 18.0 Å². The van der Waals surface area contributed by atoms with Crippen molar-refractivity contribution in [1.82, 2.24) is 9.78 Å². The van der Waals surface area contributed by atoms with Crippen LogP contribution in [0.3, 0.4) is 0 Å². The zero-order valence-corrected chi connectivity index (χ0v) is 17.6. The van der Waals surface area contributed by atoms with Gasteiger partial charge in [0.25, 0.3) is 0 Å². The van der Waals surface area contributed by atoms with Crippen molar-refractivity contribution in [2.45, 2.75) is 54.6 Å². The zero-order valence-electron chi connectivity index (χ0n) is 16.8. The standard InChI is InChI=1S/C23H22F3N3OS/c24-23(25,26)22-17-11-5-2-6-13-19(17)29(28-22)15-21(30)27-18-12-7-8-14-20(18)31-16-9-3-1-4-10-16/h1,3-4,7-10,12,14H,2,5-6,11,13,15H2,(H,27,30). The van der Waals surface area contributed by atoms with Gasteiger partial charge >= 0.3 is 6.18 Å². The number of fused-ring (bicyclic) bond motifs is 1. The lowest BCUT2D eigenvalue weighted by Crippen LogP contribution is -2.21. The number of amides is 1. The monoisotopic (exact) mass is 445 g/mol. The zero-order chi connectivity index (χ0) is 21.8. The molecule has 0 spiro atoms. The van der Waals surface area contributed by atoms with E-state index in [1.54, 1.807) is 6.07 Å². The van der Waals surface area contributed by atoms with Gasteiger partial charge in [-0.15, -0.1) is 0 Å². The van der Waals surface area contributed by atoms with Crippen LogP contribution in [-0.2, 0) is 30.4 Å². The lowest BCUT2D eigenvalue weighted by Gasteiger charge is -2.12. The van der Waals surface area contributed by atoms with Gasteiger partial charge in [-0.2, -0.15) is 18.3 Å². The Hall–Kier alpha value is -2.74. The molecule has 1 aromatic heterocycles. The molecule has 31 heavy (non-hydrogen) atoms. The van der Waals surface area contributed by atoms with Crippen molar-refractivity contribution in [2.75, 3.05) is 5.32 Å². The van der Waals surface area contributed by atoms with E-state index in [0.29, 0.717) is 30.6 Å². The van der Waals surface area contributed by atoms with Crippen molar-refractivity contribution in [1.29, 1.82) is 0 Å². The molecule has 0 saturated carbocycles. The molecule has 1 heterocycles. The summed E-state index contributed by atoms with van der Waals surface area (Å²) in [5.74, 6) is -0.399. The summed E-state index contributed by atoms with van der Waals surface area (Å²) in [4.78, 5) is 14.6. The Morgan fingerprint density at radius 3 is 2.48 bits per heavy atom. The Bertz CT molecular complexity index is 1060. The van der Waals surface area contributed by atoms with Crippen LogP contribution in [0.1, 0.15) is 36.2 Å². The number of anilines is 1. The highest BCUT2D eigenvalue weighted by Crippen LogP contribution is 2.36. The average molecular weight is 446 g/mol. The van der Waals surface area contributed by atoms with Crippen LogP contribution < -0.4 is 5.32 Å². The Balaban J connectivity index is 1.54. The van der Waals surface area contributed by atoms with Crippen LogP contribution in [0.4, 0.5) is 18.9 Å². The molecule has 2 aromatic carbocycles. The molecule has 0 aliphatic heterocycles. The fourth-order valence-corrected chi connectivity index (χ4v) is 4.73. The van der Waals surface area contributed by atoms with E-state index in [9.17, 15) is 18.0 Å². The van der Waals surface area contributed by atoms with E-state index < -0.39 is 17.8 Å². The highest BCUT2D eigenvalue weighted by Gasteiger charge is 2.39. The molecule has 1 amide bonds. The van der Waals surface area contributed by atoms with Crippen molar-refractivity contribution >= 4 is 23.4 Å². The minimum atomic E-state index is -4.52. The first-order chi connectivity index (χ1) is 14.9. The molecular weight excluding hydrogens is 423 g/mol. The number of halogens is 3. The SMILES string of the molecule is O=C(Cn1nc(C(F)(F)F)c2c1CCCCC2)Nc1ccccc1Sc1ccccc1. The molecule has 0 bridgehead atoms. The predicted molar refractivity (Wildman–Crippen MR) is 114 cm³/mol. The van der Waals surface area contributed by atoms with Crippen LogP contribution in [0.5, 0.6) is 0 Å². The van der Waals surface area contributed by atoms with Crippen LogP contribution in [-0.4, -0.2) is 15.7 Å². The number of carbonyl (C=O) groups is 1. The van der Waals surface area contributed by atoms with Crippen LogP contribution >= 0.6 is 11.8 Å². The number of para-hydroxylation sites is 1. The molecule has 0 fully saturated rings. The predicted octanol–water partition coefficient (Wildman–Crippen LogP) is 5.96. The first kappa shape index (κ1) is 21.5. The lowest BCUT2D eigenvalue weighted by atomic mass is 10.1. The van der Waals surface area contributed by atoms with Crippen LogP contribution in [0.15, 0.2) is 64.4 Å². The third-order valence-electron chi connectivity index (χ3n) is 5.20. The van der Waals surface area contributed by atoms with E-state index in [1.165, 1.54) is 16.4 Å². The quantitative estimate of drug-likeness (QED) is 0.493. The number of aromatic nitrogens is 2. The van der Waals surface area contributed by atoms with E-state index >= 15 is 0 Å². The molecule has 8 heteroatoms. The molecule has 0 atom stereocenters. The van der Waals surface area contributed by atoms with Gasteiger partial charge in [0.05, 0.1) is 5.69 Å². The lowest BCUT2D eigenvalue weighted by molar-refractivity contribution is -0.142. The largest absolute Gasteiger partial charge is 0.435 e. The number of benzene rings is 2. The maximum absolute atomic E-state index is 13.5. The first-order valence-electron chi connectivity index (χ1n) is 10.2. The normalized spacial score (nSPS) is 14.0. The van der Waals surface area contributed by atoms with Gasteiger partial charge in [-0.05, 0) is 49.9 Å². The van der Waals surface area contributed by atoms with Gasteiger partial charge in [0.2, 0.25) is 5.91 Å². The van der Waals surface area contributed by atoms with Crippen LogP contribution in [0, 0.1) is 0 Å². The number of carbonyl (C=O) groups excluding carboxylic acids is 1. The Morgan fingerprint density at radius 1 is 1.00 bits per heavy atom. The summed E-state index contributed by atoms with van der Waals surface area (Å²) < 4.78 is 41.7. The molecule has 4 nitrogen and oxygen atoms in total. The van der Waals surface area contributed by atoms with Gasteiger partial charge in [-0.3, -0.25) is 9.48 Å². The molecule has 0 saturated heterocycles. The summed E-state index contributed by atoms with van der Waals surface area (Å²) in [6.07, 6.45) is -1.28. The van der Waals surface area contributed by atoms with Gasteiger partial charge in [0, 0.05) is 21.0 Å². The Labute approximate surface area is 182 Å². The minimum Gasteiger partial charge on any atom is -0.323 e. The van der Waals surface area contributed by atoms with Crippen molar-refractivity contribution in [2.24, 2.45) is 0 Å². The molecule has 162 valence electrons.